The Morgan fingerprint density at radius 2 is 1.90 bits per heavy atom. The van der Waals surface area contributed by atoms with Crippen molar-refractivity contribution in [1.29, 1.82) is 0 Å². The van der Waals surface area contributed by atoms with Crippen molar-refractivity contribution in [3.8, 4) is 0 Å². The third-order valence-corrected chi connectivity index (χ3v) is 6.34. The summed E-state index contributed by atoms with van der Waals surface area (Å²) in [5.41, 5.74) is 0.353. The summed E-state index contributed by atoms with van der Waals surface area (Å²) < 4.78 is 40.5. The molecule has 2 rings (SSSR count). The van der Waals surface area contributed by atoms with Crippen LogP contribution in [-0.4, -0.2) is 60.4 Å². The number of aliphatic hydroxyl groups is 1. The van der Waals surface area contributed by atoms with E-state index in [2.05, 4.69) is 5.32 Å². The third kappa shape index (κ3) is 6.21. The molecule has 0 saturated carbocycles. The van der Waals surface area contributed by atoms with Crippen LogP contribution in [0.1, 0.15) is 23.7 Å². The molecule has 30 heavy (non-hydrogen) atoms. The maximum Gasteiger partial charge on any atom is 0.255 e. The third-order valence-electron chi connectivity index (χ3n) is 4.16. The van der Waals surface area contributed by atoms with E-state index in [9.17, 15) is 22.8 Å². The Balaban J connectivity index is 2.24. The van der Waals surface area contributed by atoms with Gasteiger partial charge in [-0.3, -0.25) is 4.79 Å². The molecular formula is C19H23ClFN3O5S. The summed E-state index contributed by atoms with van der Waals surface area (Å²) >= 11 is 5.71. The van der Waals surface area contributed by atoms with Crippen LogP contribution in [0.25, 0.3) is 0 Å². The topological polar surface area (TPSA) is 110 Å². The normalized spacial score (nSPS) is 11.8. The summed E-state index contributed by atoms with van der Waals surface area (Å²) in [5.74, 6) is -1.21. The molecule has 0 atom stereocenters. The Morgan fingerprint density at radius 3 is 2.53 bits per heavy atom. The molecule has 164 valence electrons. The minimum atomic E-state index is -3.95. The average Bonchev–Trinajstić information content (AvgIpc) is 2.73. The first-order valence-electron chi connectivity index (χ1n) is 9.10. The standard InChI is InChI=1S/C19H23ClFN3O5S/c1-2-8-24(10-9-23(27)13-25)30(28,29)16-5-3-4-14(11-16)19(26)22-15-6-7-18(21)17(20)12-15/h3-7,11-12,25,27H,2,8-10,13H2,1H3,(H,22,26). The molecule has 2 aromatic rings. The fourth-order valence-corrected chi connectivity index (χ4v) is 4.37. The van der Waals surface area contributed by atoms with Crippen molar-refractivity contribution in [3.05, 3.63) is 58.9 Å². The van der Waals surface area contributed by atoms with E-state index in [1.54, 1.807) is 0 Å². The van der Waals surface area contributed by atoms with Crippen molar-refractivity contribution in [2.45, 2.75) is 18.2 Å². The molecule has 0 saturated heterocycles. The highest BCUT2D eigenvalue weighted by Gasteiger charge is 2.25. The van der Waals surface area contributed by atoms with Gasteiger partial charge in [0, 0.05) is 30.9 Å². The van der Waals surface area contributed by atoms with Gasteiger partial charge < -0.3 is 15.6 Å². The number of benzene rings is 2. The molecule has 1 amide bonds. The zero-order valence-corrected chi connectivity index (χ0v) is 17.8. The number of nitrogens with one attached hydrogen (secondary N) is 1. The number of sulfonamides is 1. The van der Waals surface area contributed by atoms with Gasteiger partial charge in [-0.2, -0.15) is 9.37 Å². The summed E-state index contributed by atoms with van der Waals surface area (Å²) in [6.07, 6.45) is 0.537. The second-order valence-corrected chi connectivity index (χ2v) is 8.73. The number of aliphatic hydroxyl groups excluding tert-OH is 1. The van der Waals surface area contributed by atoms with Gasteiger partial charge in [-0.25, -0.2) is 12.8 Å². The van der Waals surface area contributed by atoms with Crippen molar-refractivity contribution >= 4 is 33.2 Å². The average molecular weight is 460 g/mol. The fraction of sp³-hybridized carbons (Fsp3) is 0.316. The maximum absolute atomic E-state index is 13.3. The number of hydrogen-bond acceptors (Lipinski definition) is 6. The van der Waals surface area contributed by atoms with Gasteiger partial charge in [0.05, 0.1) is 9.92 Å². The smallest absolute Gasteiger partial charge is 0.255 e. The number of hydroxylamine groups is 2. The summed E-state index contributed by atoms with van der Waals surface area (Å²) in [6.45, 7) is 1.26. The first-order valence-corrected chi connectivity index (χ1v) is 10.9. The van der Waals surface area contributed by atoms with Gasteiger partial charge in [0.1, 0.15) is 12.5 Å². The Labute approximate surface area is 179 Å². The largest absolute Gasteiger partial charge is 0.379 e. The predicted molar refractivity (Wildman–Crippen MR) is 110 cm³/mol. The molecule has 0 aliphatic carbocycles. The van der Waals surface area contributed by atoms with Crippen molar-refractivity contribution in [3.63, 3.8) is 0 Å². The molecular weight excluding hydrogens is 437 g/mol. The van der Waals surface area contributed by atoms with Crippen LogP contribution in [0.3, 0.4) is 0 Å². The minimum absolute atomic E-state index is 0.0439. The SMILES string of the molecule is CCCN(CCN(O)CO)S(=O)(=O)c1cccc(C(=O)Nc2ccc(F)c(Cl)c2)c1. The van der Waals surface area contributed by atoms with Gasteiger partial charge in [0.15, 0.2) is 0 Å². The van der Waals surface area contributed by atoms with Crippen LogP contribution in [0.15, 0.2) is 47.4 Å². The van der Waals surface area contributed by atoms with Crippen LogP contribution < -0.4 is 5.32 Å². The summed E-state index contributed by atoms with van der Waals surface area (Å²) in [7, 11) is -3.95. The van der Waals surface area contributed by atoms with Crippen molar-refractivity contribution in [2.24, 2.45) is 0 Å². The molecule has 0 fully saturated rings. The molecule has 3 N–H and O–H groups in total. The summed E-state index contributed by atoms with van der Waals surface area (Å²) in [5, 5.41) is 21.2. The lowest BCUT2D eigenvalue weighted by Gasteiger charge is -2.23. The van der Waals surface area contributed by atoms with E-state index >= 15 is 0 Å². The Hall–Kier alpha value is -2.08. The molecule has 8 nitrogen and oxygen atoms in total. The quantitative estimate of drug-likeness (QED) is 0.372. The number of hydrogen-bond donors (Lipinski definition) is 3. The highest BCUT2D eigenvalue weighted by Crippen LogP contribution is 2.21. The van der Waals surface area contributed by atoms with Crippen LogP contribution >= 0.6 is 11.6 Å². The maximum atomic E-state index is 13.3. The molecule has 0 heterocycles. The number of nitrogens with zero attached hydrogens (tertiary/aromatic N) is 2. The molecule has 0 bridgehead atoms. The Kier molecular flexibility index (Phi) is 8.71. The van der Waals surface area contributed by atoms with Crippen molar-refractivity contribution < 1.29 is 27.9 Å². The number of halogens is 2. The van der Waals surface area contributed by atoms with E-state index in [0.29, 0.717) is 11.5 Å². The van der Waals surface area contributed by atoms with E-state index in [0.717, 1.165) is 6.07 Å². The minimum Gasteiger partial charge on any atom is -0.379 e. The zero-order chi connectivity index (χ0) is 22.3. The Morgan fingerprint density at radius 1 is 1.17 bits per heavy atom. The Bertz CT molecular complexity index is 990. The number of carbonyl (C=O) groups excluding carboxylic acids is 1. The van der Waals surface area contributed by atoms with Gasteiger partial charge in [-0.05, 0) is 42.8 Å². The lowest BCUT2D eigenvalue weighted by molar-refractivity contribution is -0.142. The molecule has 0 aromatic heterocycles. The van der Waals surface area contributed by atoms with Gasteiger partial charge in [0.25, 0.3) is 5.91 Å². The van der Waals surface area contributed by atoms with Gasteiger partial charge in [-0.15, -0.1) is 0 Å². The van der Waals surface area contributed by atoms with Crippen molar-refractivity contribution in [1.82, 2.24) is 9.37 Å². The highest BCUT2D eigenvalue weighted by molar-refractivity contribution is 7.89. The molecule has 0 aliphatic heterocycles. The summed E-state index contributed by atoms with van der Waals surface area (Å²) in [6, 6.07) is 9.19. The lowest BCUT2D eigenvalue weighted by atomic mass is 10.2. The van der Waals surface area contributed by atoms with E-state index in [1.807, 2.05) is 6.92 Å². The van der Waals surface area contributed by atoms with Crippen LogP contribution in [0.4, 0.5) is 10.1 Å². The molecule has 2 aromatic carbocycles. The number of rotatable bonds is 10. The molecule has 0 spiro atoms. The first kappa shape index (κ1) is 24.2. The van der Waals surface area contributed by atoms with Crippen LogP contribution in [-0.2, 0) is 10.0 Å². The van der Waals surface area contributed by atoms with E-state index in [1.165, 1.54) is 40.7 Å². The number of carbonyl (C=O) groups is 1. The van der Waals surface area contributed by atoms with Crippen LogP contribution in [0, 0.1) is 5.82 Å². The second kappa shape index (κ2) is 10.8. The monoisotopic (exact) mass is 459 g/mol. The van der Waals surface area contributed by atoms with Gasteiger partial charge in [0.2, 0.25) is 10.0 Å². The van der Waals surface area contributed by atoms with E-state index in [4.69, 9.17) is 16.7 Å². The van der Waals surface area contributed by atoms with Gasteiger partial charge >= 0.3 is 0 Å². The zero-order valence-electron chi connectivity index (χ0n) is 16.3. The molecule has 0 unspecified atom stereocenters. The first-order chi connectivity index (χ1) is 14.2. The van der Waals surface area contributed by atoms with Crippen molar-refractivity contribution in [2.75, 3.05) is 31.7 Å². The molecule has 11 heteroatoms. The molecule has 0 radical (unpaired) electrons. The van der Waals surface area contributed by atoms with Crippen LogP contribution in [0.2, 0.25) is 5.02 Å². The van der Waals surface area contributed by atoms with Gasteiger partial charge in [-0.1, -0.05) is 24.6 Å². The van der Waals surface area contributed by atoms with Crippen LogP contribution in [0.5, 0.6) is 0 Å². The summed E-state index contributed by atoms with van der Waals surface area (Å²) in [4.78, 5) is 12.4. The highest BCUT2D eigenvalue weighted by atomic mass is 35.5. The second-order valence-electron chi connectivity index (χ2n) is 6.39. The fourth-order valence-electron chi connectivity index (χ4n) is 2.62. The lowest BCUT2D eigenvalue weighted by Crippen LogP contribution is -2.38. The molecule has 0 aliphatic rings. The number of amides is 1. The van der Waals surface area contributed by atoms with E-state index < -0.39 is 28.5 Å². The predicted octanol–water partition coefficient (Wildman–Crippen LogP) is 2.77. The number of anilines is 1. The van der Waals surface area contributed by atoms with E-state index in [-0.39, 0.29) is 40.8 Å².